The molecule has 0 saturated heterocycles. The zero-order chi connectivity index (χ0) is 43.9. The molecular formula is C15F32O5Si. The molecule has 0 atom stereocenters. The van der Waals surface area contributed by atoms with E-state index >= 15 is 0 Å². The zero-order valence-corrected chi connectivity index (χ0v) is 23.1. The topological polar surface area (TPSA) is 54.0 Å². The van der Waals surface area contributed by atoms with Crippen LogP contribution in [0.25, 0.3) is 0 Å². The van der Waals surface area contributed by atoms with Crippen LogP contribution in [0.2, 0.25) is 0 Å². The van der Waals surface area contributed by atoms with Crippen molar-refractivity contribution in [2.24, 2.45) is 0 Å². The van der Waals surface area contributed by atoms with Gasteiger partial charge in [-0.1, -0.05) is 0 Å². The van der Waals surface area contributed by atoms with Gasteiger partial charge in [0.05, 0.1) is 0 Å². The second-order valence-corrected chi connectivity index (χ2v) is 11.1. The van der Waals surface area contributed by atoms with Gasteiger partial charge in [0.1, 0.15) is 0 Å². The molecule has 0 heterocycles. The highest BCUT2D eigenvalue weighted by Gasteiger charge is 2.97. The highest BCUT2D eigenvalue weighted by molar-refractivity contribution is 6.64. The Balaban J connectivity index is 7.45. The minimum Gasteiger partial charge on any atom is -0.391 e. The average molecular weight is 896 g/mol. The normalized spacial score (nSPS) is 16.6. The van der Waals surface area contributed by atoms with Crippen molar-refractivity contribution in [3.8, 4) is 0 Å². The fourth-order valence-electron chi connectivity index (χ4n) is 2.62. The predicted molar refractivity (Wildman–Crippen MR) is 88.8 cm³/mol. The minimum absolute atomic E-state index is 1.08. The number of carbonyl (C=O) groups is 1. The largest absolute Gasteiger partial charge is 0.601 e. The van der Waals surface area contributed by atoms with Crippen molar-refractivity contribution in [3.63, 3.8) is 0 Å². The number of hydrogen-bond acceptors (Lipinski definition) is 5. The molecule has 53 heavy (non-hydrogen) atoms. The van der Waals surface area contributed by atoms with Crippen LogP contribution in [0.5, 0.6) is 0 Å². The Labute approximate surface area is 264 Å². The van der Waals surface area contributed by atoms with E-state index in [0.29, 0.717) is 0 Å². The summed E-state index contributed by atoms with van der Waals surface area (Å²) in [6, 6.07) is 0. The molecule has 0 aromatic rings. The van der Waals surface area contributed by atoms with E-state index in [1.807, 2.05) is 0 Å². The lowest BCUT2D eigenvalue weighted by atomic mass is 9.89. The first-order valence-electron chi connectivity index (χ1n) is 10.6. The molecular weight excluding hydrogens is 896 g/mol. The molecule has 0 radical (unpaired) electrons. The van der Waals surface area contributed by atoms with Crippen LogP contribution in [0.1, 0.15) is 0 Å². The second-order valence-electron chi connectivity index (χ2n) is 8.77. The van der Waals surface area contributed by atoms with Gasteiger partial charge in [0, 0.05) is 0 Å². The lowest BCUT2D eigenvalue weighted by Crippen LogP contribution is -2.76. The molecule has 38 heteroatoms. The zero-order valence-electron chi connectivity index (χ0n) is 22.1. The maximum Gasteiger partial charge on any atom is 0.601 e. The van der Waals surface area contributed by atoms with Gasteiger partial charge in [-0.2, -0.15) is 101 Å². The molecule has 0 bridgehead atoms. The van der Waals surface area contributed by atoms with Crippen LogP contribution in [0.3, 0.4) is 0 Å². The lowest BCUT2D eigenvalue weighted by molar-refractivity contribution is -0.461. The molecule has 0 aliphatic rings. The monoisotopic (exact) mass is 896 g/mol. The Morgan fingerprint density at radius 3 is 0.830 bits per heavy atom. The number of esters is 1. The van der Waals surface area contributed by atoms with Gasteiger partial charge in [0.15, 0.2) is 0 Å². The molecule has 0 aromatic heterocycles. The molecule has 0 aliphatic carbocycles. The van der Waals surface area contributed by atoms with E-state index in [-0.39, 0.29) is 0 Å². The van der Waals surface area contributed by atoms with E-state index in [1.54, 1.807) is 0 Å². The highest BCUT2D eigenvalue weighted by Crippen LogP contribution is 2.64. The van der Waals surface area contributed by atoms with Crippen molar-refractivity contribution in [2.45, 2.75) is 84.3 Å². The summed E-state index contributed by atoms with van der Waals surface area (Å²) in [5.74, 6) is -80.4. The molecule has 0 spiro atoms. The van der Waals surface area contributed by atoms with Crippen molar-refractivity contribution >= 4 is 14.8 Å². The first-order valence-corrected chi connectivity index (χ1v) is 12.4. The number of carbonyl (C=O) groups excluding carboxylic acids is 1. The SMILES string of the molecule is O=C(OC(F)(F)C(F)(F)C(F)(F)[Si](OC(F)(F)F)(OC(F)(F)F)OC(F)(F)F)C(F)(F)C(F)(F)C(F)(F)C(F)(F)C(F)(F)C(F)(F)C(F)(F)C(F)(F)F. The third-order valence-electron chi connectivity index (χ3n) is 5.09. The molecule has 0 amide bonds. The van der Waals surface area contributed by atoms with Crippen LogP contribution >= 0.6 is 0 Å². The Bertz CT molecular complexity index is 1280. The average Bonchev–Trinajstić information content (AvgIpc) is 2.83. The molecule has 0 saturated carbocycles. The molecule has 0 aliphatic heterocycles. The van der Waals surface area contributed by atoms with E-state index in [0.717, 1.165) is 4.74 Å². The number of rotatable bonds is 14. The Morgan fingerprint density at radius 2 is 0.585 bits per heavy atom. The van der Waals surface area contributed by atoms with E-state index in [9.17, 15) is 145 Å². The summed E-state index contributed by atoms with van der Waals surface area (Å²) < 4.78 is 426. The van der Waals surface area contributed by atoms with E-state index < -0.39 is 99.1 Å². The van der Waals surface area contributed by atoms with Crippen molar-refractivity contribution in [2.75, 3.05) is 0 Å². The molecule has 0 fully saturated rings. The lowest BCUT2D eigenvalue weighted by Gasteiger charge is -2.42. The maximum atomic E-state index is 14.3. The third-order valence-corrected chi connectivity index (χ3v) is 7.68. The molecule has 0 N–H and O–H groups in total. The van der Waals surface area contributed by atoms with Crippen molar-refractivity contribution in [1.82, 2.24) is 0 Å². The number of alkyl halides is 32. The van der Waals surface area contributed by atoms with Crippen molar-refractivity contribution in [1.29, 1.82) is 0 Å². The molecule has 0 rings (SSSR count). The summed E-state index contributed by atoms with van der Waals surface area (Å²) in [5, 5.41) is 0. The second kappa shape index (κ2) is 12.9. The van der Waals surface area contributed by atoms with E-state index in [1.165, 1.54) is 13.3 Å². The fourth-order valence-corrected chi connectivity index (χ4v) is 4.58. The quantitative estimate of drug-likeness (QED) is 0.0989. The summed E-state index contributed by atoms with van der Waals surface area (Å²) in [5.41, 5.74) is -9.00. The third kappa shape index (κ3) is 8.16. The van der Waals surface area contributed by atoms with E-state index in [4.69, 9.17) is 0 Å². The minimum atomic E-state index is -10.4. The van der Waals surface area contributed by atoms with Crippen LogP contribution in [0.4, 0.5) is 140 Å². The fraction of sp³-hybridized carbons (Fsp3) is 0.933. The number of hydrogen-bond donors (Lipinski definition) is 0. The van der Waals surface area contributed by atoms with Crippen LogP contribution in [-0.2, 0) is 22.8 Å². The highest BCUT2D eigenvalue weighted by atomic mass is 28.4. The first kappa shape index (κ1) is 50.3. The summed E-state index contributed by atoms with van der Waals surface area (Å²) in [7, 11) is -10.4. The standard InChI is InChI=1S/C15F32O5Si/c16-2(17,3(18,19)4(20,21)5(22,23)6(24,25)7(26,27)8(28,29)10(32,33)34)1(48)49-11(35,36)9(30,31)12(37,38)53(50-13(39,40)41,51-14(42,43)44)52-15(45,46)47. The number of ether oxygens (including phenoxy) is 1. The van der Waals surface area contributed by atoms with Crippen molar-refractivity contribution < 1.29 is 163 Å². The van der Waals surface area contributed by atoms with Crippen LogP contribution in [-0.4, -0.2) is 99.1 Å². The van der Waals surface area contributed by atoms with Gasteiger partial charge in [-0.05, 0) is 0 Å². The van der Waals surface area contributed by atoms with Gasteiger partial charge in [0.25, 0.3) is 0 Å². The number of halogens is 32. The van der Waals surface area contributed by atoms with Gasteiger partial charge in [0.2, 0.25) is 0 Å². The Kier molecular flexibility index (Phi) is 12.3. The van der Waals surface area contributed by atoms with Gasteiger partial charge < -0.3 is 4.74 Å². The van der Waals surface area contributed by atoms with Gasteiger partial charge in [-0.3, -0.25) is 13.3 Å². The molecule has 318 valence electrons. The smallest absolute Gasteiger partial charge is 0.391 e. The van der Waals surface area contributed by atoms with Crippen LogP contribution in [0.15, 0.2) is 0 Å². The maximum absolute atomic E-state index is 14.3. The van der Waals surface area contributed by atoms with Crippen LogP contribution in [0, 0.1) is 0 Å². The summed E-state index contributed by atoms with van der Waals surface area (Å²) in [4.78, 5) is 11.0. The molecule has 0 aromatic carbocycles. The predicted octanol–water partition coefficient (Wildman–Crippen LogP) is 9.49. The summed E-state index contributed by atoms with van der Waals surface area (Å²) in [6.45, 7) is 0. The molecule has 5 nitrogen and oxygen atoms in total. The van der Waals surface area contributed by atoms with Gasteiger partial charge in [-0.15, -0.1) is 39.5 Å². The Hall–Kier alpha value is -2.67. The molecule has 0 unspecified atom stereocenters. The van der Waals surface area contributed by atoms with Crippen LogP contribution < -0.4 is 0 Å². The first-order chi connectivity index (χ1) is 22.2. The summed E-state index contributed by atoms with van der Waals surface area (Å²) >= 11 is 0. The van der Waals surface area contributed by atoms with Gasteiger partial charge >= 0.3 is 99.1 Å². The van der Waals surface area contributed by atoms with Gasteiger partial charge in [-0.25, -0.2) is 4.79 Å². The van der Waals surface area contributed by atoms with Crippen molar-refractivity contribution in [3.05, 3.63) is 0 Å². The summed E-state index contributed by atoms with van der Waals surface area (Å²) in [6.07, 6.45) is -40.3. The van der Waals surface area contributed by atoms with E-state index in [2.05, 4.69) is 0 Å². The Morgan fingerprint density at radius 1 is 0.340 bits per heavy atom.